The quantitative estimate of drug-likeness (QED) is 0.603. The second-order valence-corrected chi connectivity index (χ2v) is 7.34. The van der Waals surface area contributed by atoms with E-state index in [-0.39, 0.29) is 0 Å². The van der Waals surface area contributed by atoms with Crippen molar-refractivity contribution in [1.29, 1.82) is 0 Å². The molecule has 0 aliphatic rings. The predicted molar refractivity (Wildman–Crippen MR) is 83.0 cm³/mol. The van der Waals surface area contributed by atoms with Crippen LogP contribution in [0.3, 0.4) is 0 Å². The minimum atomic E-state index is -0.736. The van der Waals surface area contributed by atoms with E-state index in [4.69, 9.17) is 15.0 Å². The lowest BCUT2D eigenvalue weighted by molar-refractivity contribution is 0.0867. The molecular weight excluding hydrogens is 377 g/mol. The van der Waals surface area contributed by atoms with E-state index in [1.807, 2.05) is 18.4 Å². The van der Waals surface area contributed by atoms with Gasteiger partial charge in [-0.1, -0.05) is 12.1 Å². The van der Waals surface area contributed by atoms with Gasteiger partial charge in [0, 0.05) is 12.0 Å². The molecule has 2 aromatic rings. The fraction of sp³-hybridized carbons (Fsp3) is 0.500. The van der Waals surface area contributed by atoms with Crippen LogP contribution in [0.25, 0.3) is 11.5 Å². The molecule has 0 fully saturated rings. The molecule has 2 rings (SSSR count). The van der Waals surface area contributed by atoms with Crippen molar-refractivity contribution in [2.75, 3.05) is 13.2 Å². The van der Waals surface area contributed by atoms with Gasteiger partial charge in [-0.25, -0.2) is 0 Å². The second kappa shape index (κ2) is 6.29. The molecule has 0 aliphatic heterocycles. The molecule has 0 radical (unpaired) electrons. The smallest absolute Gasteiger partial charge is 0.258 e. The minimum absolute atomic E-state index is 0.376. The van der Waals surface area contributed by atoms with E-state index in [9.17, 15) is 0 Å². The maximum Gasteiger partial charge on any atom is 0.258 e. The summed E-state index contributed by atoms with van der Waals surface area (Å²) in [5.74, 6) is 0.973. The number of aromatic nitrogens is 2. The number of rotatable bonds is 6. The molecular formula is C12H16IN3O2S. The first-order chi connectivity index (χ1) is 9.03. The lowest BCUT2D eigenvalue weighted by atomic mass is 10.1. The summed E-state index contributed by atoms with van der Waals surface area (Å²) in [7, 11) is 0. The number of hydrogen-bond acceptors (Lipinski definition) is 6. The predicted octanol–water partition coefficient (Wildman–Crippen LogP) is 3.00. The van der Waals surface area contributed by atoms with Crippen molar-refractivity contribution in [2.24, 2.45) is 5.73 Å². The van der Waals surface area contributed by atoms with E-state index in [1.54, 1.807) is 11.3 Å². The van der Waals surface area contributed by atoms with Crippen molar-refractivity contribution in [3.05, 3.63) is 20.2 Å². The van der Waals surface area contributed by atoms with Gasteiger partial charge in [0.25, 0.3) is 5.89 Å². The number of halogens is 1. The Balaban J connectivity index is 2.11. The molecule has 0 aromatic carbocycles. The number of nitrogens with zero attached hydrogens (tertiary/aromatic N) is 2. The average molecular weight is 393 g/mol. The van der Waals surface area contributed by atoms with Gasteiger partial charge in [0.1, 0.15) is 5.54 Å². The van der Waals surface area contributed by atoms with E-state index in [1.165, 1.54) is 2.88 Å². The van der Waals surface area contributed by atoms with Crippen LogP contribution in [0.2, 0.25) is 0 Å². The zero-order chi connectivity index (χ0) is 13.9. The number of nitrogens with two attached hydrogens (primary N) is 1. The normalized spacial score (nSPS) is 14.5. The molecule has 0 saturated carbocycles. The van der Waals surface area contributed by atoms with Crippen molar-refractivity contribution >= 4 is 33.9 Å². The van der Waals surface area contributed by atoms with Crippen molar-refractivity contribution in [3.63, 3.8) is 0 Å². The maximum absolute atomic E-state index is 6.17. The van der Waals surface area contributed by atoms with Crippen LogP contribution in [-0.4, -0.2) is 23.4 Å². The summed E-state index contributed by atoms with van der Waals surface area (Å²) in [4.78, 5) is 4.36. The van der Waals surface area contributed by atoms with Crippen molar-refractivity contribution in [1.82, 2.24) is 10.1 Å². The molecule has 0 saturated heterocycles. The highest BCUT2D eigenvalue weighted by atomic mass is 127. The van der Waals surface area contributed by atoms with E-state index >= 15 is 0 Å². The summed E-state index contributed by atoms with van der Waals surface area (Å²) in [6.07, 6.45) is 0.959. The van der Waals surface area contributed by atoms with Crippen LogP contribution in [0.15, 0.2) is 16.0 Å². The first kappa shape index (κ1) is 14.9. The Morgan fingerprint density at radius 2 is 2.37 bits per heavy atom. The molecule has 2 N–H and O–H groups in total. The zero-order valence-electron chi connectivity index (χ0n) is 10.9. The lowest BCUT2D eigenvalue weighted by Crippen LogP contribution is -2.39. The van der Waals surface area contributed by atoms with E-state index in [0.717, 1.165) is 12.0 Å². The van der Waals surface area contributed by atoms with Crippen molar-refractivity contribution in [3.8, 4) is 11.5 Å². The van der Waals surface area contributed by atoms with E-state index < -0.39 is 5.54 Å². The van der Waals surface area contributed by atoms with Crippen molar-refractivity contribution < 1.29 is 9.26 Å². The topological polar surface area (TPSA) is 74.2 Å². The fourth-order valence-corrected chi connectivity index (χ4v) is 2.81. The fourth-order valence-electron chi connectivity index (χ4n) is 1.49. The highest BCUT2D eigenvalue weighted by molar-refractivity contribution is 14.1. The van der Waals surface area contributed by atoms with Crippen LogP contribution in [0.5, 0.6) is 0 Å². The second-order valence-electron chi connectivity index (χ2n) is 4.53. The van der Waals surface area contributed by atoms with Crippen LogP contribution in [0.1, 0.15) is 26.1 Å². The molecule has 1 atom stereocenters. The zero-order valence-corrected chi connectivity index (χ0v) is 13.8. The van der Waals surface area contributed by atoms with Crippen molar-refractivity contribution in [2.45, 2.75) is 25.8 Å². The Kier molecular flexibility index (Phi) is 4.93. The Bertz CT molecular complexity index is 539. The largest absolute Gasteiger partial charge is 0.379 e. The Labute approximate surface area is 129 Å². The third-order valence-corrected chi connectivity index (χ3v) is 4.29. The standard InChI is InChI=1S/C12H16IN3O2S/c1-3-4-17-7-12(2,14)11-15-10(18-16-11)8-5-9(13)19-6-8/h5-6H,3-4,7,14H2,1-2H3. The molecule has 104 valence electrons. The molecule has 5 nitrogen and oxygen atoms in total. The van der Waals surface area contributed by atoms with E-state index in [0.29, 0.717) is 24.9 Å². The van der Waals surface area contributed by atoms with Gasteiger partial charge in [-0.05, 0) is 42.0 Å². The molecule has 2 aromatic heterocycles. The van der Waals surface area contributed by atoms with Gasteiger partial charge in [0.2, 0.25) is 0 Å². The number of hydrogen-bond donors (Lipinski definition) is 1. The average Bonchev–Trinajstić information content (AvgIpc) is 2.97. The van der Waals surface area contributed by atoms with Gasteiger partial charge in [-0.3, -0.25) is 0 Å². The molecule has 7 heteroatoms. The van der Waals surface area contributed by atoms with Gasteiger partial charge in [0.05, 0.1) is 15.1 Å². The molecule has 2 heterocycles. The first-order valence-electron chi connectivity index (χ1n) is 5.98. The maximum atomic E-state index is 6.17. The summed E-state index contributed by atoms with van der Waals surface area (Å²) in [5, 5.41) is 5.95. The van der Waals surface area contributed by atoms with Gasteiger partial charge in [0.15, 0.2) is 5.82 Å². The SMILES string of the molecule is CCCOCC(C)(N)c1noc(-c2csc(I)c2)n1. The Hall–Kier alpha value is -0.510. The van der Waals surface area contributed by atoms with E-state index in [2.05, 4.69) is 39.7 Å². The Morgan fingerprint density at radius 3 is 3.00 bits per heavy atom. The van der Waals surface area contributed by atoms with Gasteiger partial charge in [-0.15, -0.1) is 11.3 Å². The summed E-state index contributed by atoms with van der Waals surface area (Å²) < 4.78 is 11.9. The van der Waals surface area contributed by atoms with Gasteiger partial charge in [-0.2, -0.15) is 4.98 Å². The molecule has 0 amide bonds. The minimum Gasteiger partial charge on any atom is -0.379 e. The summed E-state index contributed by atoms with van der Waals surface area (Å²) in [6.45, 7) is 4.95. The third-order valence-electron chi connectivity index (χ3n) is 2.50. The highest BCUT2D eigenvalue weighted by Crippen LogP contribution is 2.26. The Morgan fingerprint density at radius 1 is 1.58 bits per heavy atom. The van der Waals surface area contributed by atoms with Gasteiger partial charge < -0.3 is 15.0 Å². The molecule has 0 spiro atoms. The lowest BCUT2D eigenvalue weighted by Gasteiger charge is -2.19. The molecule has 19 heavy (non-hydrogen) atoms. The highest BCUT2D eigenvalue weighted by Gasteiger charge is 2.28. The number of thiophene rings is 1. The van der Waals surface area contributed by atoms with Gasteiger partial charge >= 0.3 is 0 Å². The summed E-state index contributed by atoms with van der Waals surface area (Å²) in [6, 6.07) is 2.00. The monoisotopic (exact) mass is 393 g/mol. The van der Waals surface area contributed by atoms with Crippen LogP contribution < -0.4 is 5.73 Å². The molecule has 1 unspecified atom stereocenters. The number of ether oxygens (including phenoxy) is 1. The van der Waals surface area contributed by atoms with Crippen LogP contribution in [0, 0.1) is 2.88 Å². The summed E-state index contributed by atoms with van der Waals surface area (Å²) in [5.41, 5.74) is 6.36. The van der Waals surface area contributed by atoms with Crippen LogP contribution in [0.4, 0.5) is 0 Å². The summed E-state index contributed by atoms with van der Waals surface area (Å²) >= 11 is 3.89. The first-order valence-corrected chi connectivity index (χ1v) is 7.94. The van der Waals surface area contributed by atoms with Crippen LogP contribution >= 0.6 is 33.9 Å². The molecule has 0 bridgehead atoms. The third kappa shape index (κ3) is 3.74. The van der Waals surface area contributed by atoms with Crippen LogP contribution in [-0.2, 0) is 10.3 Å². The molecule has 0 aliphatic carbocycles.